The molecule has 13 heavy (non-hydrogen) atoms. The Bertz CT molecular complexity index is 173. The van der Waals surface area contributed by atoms with Crippen LogP contribution in [0.2, 0.25) is 0 Å². The standard InChI is InChI=1S/C9H17NOS2/c1-2-3-4-5-6-7-8-10-13-9(12)11-8/h9,12H,2-7H2,1H3. The number of hydrogen-bond acceptors (Lipinski definition) is 4. The summed E-state index contributed by atoms with van der Waals surface area (Å²) in [7, 11) is 0. The summed E-state index contributed by atoms with van der Waals surface area (Å²) in [4.78, 5) is 0. The van der Waals surface area contributed by atoms with E-state index in [-0.39, 0.29) is 4.77 Å². The Morgan fingerprint density at radius 2 is 2.15 bits per heavy atom. The van der Waals surface area contributed by atoms with Crippen molar-refractivity contribution in [2.24, 2.45) is 4.40 Å². The van der Waals surface area contributed by atoms with Crippen molar-refractivity contribution in [2.75, 3.05) is 0 Å². The van der Waals surface area contributed by atoms with Crippen molar-refractivity contribution in [1.29, 1.82) is 0 Å². The molecule has 0 saturated carbocycles. The number of thiol groups is 1. The van der Waals surface area contributed by atoms with Gasteiger partial charge in [-0.1, -0.05) is 32.6 Å². The van der Waals surface area contributed by atoms with Gasteiger partial charge in [0.2, 0.25) is 4.77 Å². The molecule has 0 bridgehead atoms. The molecule has 76 valence electrons. The predicted octanol–water partition coefficient (Wildman–Crippen LogP) is 3.64. The third-order valence-electron chi connectivity index (χ3n) is 1.98. The van der Waals surface area contributed by atoms with Gasteiger partial charge in [0.05, 0.1) is 0 Å². The van der Waals surface area contributed by atoms with Gasteiger partial charge in [-0.15, -0.1) is 12.6 Å². The summed E-state index contributed by atoms with van der Waals surface area (Å²) >= 11 is 5.56. The van der Waals surface area contributed by atoms with Crippen molar-refractivity contribution in [1.82, 2.24) is 0 Å². The van der Waals surface area contributed by atoms with Crippen LogP contribution in [0.1, 0.15) is 45.4 Å². The molecule has 0 aliphatic carbocycles. The van der Waals surface area contributed by atoms with Gasteiger partial charge in [-0.25, -0.2) is 0 Å². The van der Waals surface area contributed by atoms with Gasteiger partial charge in [0.15, 0.2) is 5.90 Å². The second kappa shape index (κ2) is 6.60. The van der Waals surface area contributed by atoms with E-state index in [0.29, 0.717) is 0 Å². The number of ether oxygens (including phenoxy) is 1. The monoisotopic (exact) mass is 219 g/mol. The van der Waals surface area contributed by atoms with Gasteiger partial charge in [0.25, 0.3) is 0 Å². The van der Waals surface area contributed by atoms with Gasteiger partial charge < -0.3 is 4.74 Å². The van der Waals surface area contributed by atoms with Gasteiger partial charge in [-0.3, -0.25) is 0 Å². The van der Waals surface area contributed by atoms with Crippen LogP contribution in [0.15, 0.2) is 4.40 Å². The molecule has 1 aliphatic heterocycles. The average Bonchev–Trinajstić information content (AvgIpc) is 2.51. The van der Waals surface area contributed by atoms with Crippen molar-refractivity contribution in [3.8, 4) is 0 Å². The van der Waals surface area contributed by atoms with E-state index in [1.165, 1.54) is 44.1 Å². The first-order valence-corrected chi connectivity index (χ1v) is 6.25. The van der Waals surface area contributed by atoms with E-state index in [1.807, 2.05) is 0 Å². The van der Waals surface area contributed by atoms with Crippen molar-refractivity contribution >= 4 is 30.5 Å². The molecule has 0 amide bonds. The van der Waals surface area contributed by atoms with Crippen LogP contribution in [0.3, 0.4) is 0 Å². The van der Waals surface area contributed by atoms with Gasteiger partial charge in [-0.05, 0) is 6.42 Å². The topological polar surface area (TPSA) is 21.6 Å². The lowest BCUT2D eigenvalue weighted by Gasteiger charge is -2.03. The fraction of sp³-hybridized carbons (Fsp3) is 0.889. The smallest absolute Gasteiger partial charge is 0.210 e. The van der Waals surface area contributed by atoms with Gasteiger partial charge in [0, 0.05) is 18.4 Å². The second-order valence-corrected chi connectivity index (χ2v) is 4.82. The molecule has 1 heterocycles. The fourth-order valence-corrected chi connectivity index (χ4v) is 2.01. The molecule has 1 rings (SSSR count). The molecule has 1 atom stereocenters. The van der Waals surface area contributed by atoms with Gasteiger partial charge >= 0.3 is 0 Å². The summed E-state index contributed by atoms with van der Waals surface area (Å²) in [5.74, 6) is 0.876. The van der Waals surface area contributed by atoms with E-state index >= 15 is 0 Å². The van der Waals surface area contributed by atoms with E-state index in [1.54, 1.807) is 0 Å². The van der Waals surface area contributed by atoms with Crippen molar-refractivity contribution in [2.45, 2.75) is 50.2 Å². The van der Waals surface area contributed by atoms with Crippen molar-refractivity contribution in [3.63, 3.8) is 0 Å². The van der Waals surface area contributed by atoms with Crippen LogP contribution < -0.4 is 0 Å². The second-order valence-electron chi connectivity index (χ2n) is 3.18. The van der Waals surface area contributed by atoms with Crippen LogP contribution >= 0.6 is 24.6 Å². The molecule has 1 aliphatic rings. The first-order chi connectivity index (χ1) is 6.33. The Labute approximate surface area is 90.1 Å². The maximum atomic E-state index is 5.34. The Kier molecular flexibility index (Phi) is 5.71. The highest BCUT2D eigenvalue weighted by Crippen LogP contribution is 2.26. The zero-order valence-corrected chi connectivity index (χ0v) is 9.74. The van der Waals surface area contributed by atoms with Crippen LogP contribution in [0, 0.1) is 0 Å². The molecular formula is C9H17NOS2. The highest BCUT2D eigenvalue weighted by molar-refractivity contribution is 8.09. The van der Waals surface area contributed by atoms with Crippen LogP contribution in [-0.2, 0) is 4.74 Å². The van der Waals surface area contributed by atoms with Crippen molar-refractivity contribution < 1.29 is 4.74 Å². The summed E-state index contributed by atoms with van der Waals surface area (Å²) in [6.45, 7) is 2.23. The molecule has 0 aromatic carbocycles. The van der Waals surface area contributed by atoms with Crippen LogP contribution in [-0.4, -0.2) is 10.7 Å². The lowest BCUT2D eigenvalue weighted by atomic mass is 10.1. The first kappa shape index (κ1) is 11.2. The number of nitrogens with zero attached hydrogens (tertiary/aromatic N) is 1. The summed E-state index contributed by atoms with van der Waals surface area (Å²) in [5.41, 5.74) is 0. The Balaban J connectivity index is 1.94. The molecule has 0 radical (unpaired) electrons. The van der Waals surface area contributed by atoms with E-state index in [0.717, 1.165) is 12.3 Å². The highest BCUT2D eigenvalue weighted by Gasteiger charge is 2.15. The van der Waals surface area contributed by atoms with Crippen LogP contribution in [0.25, 0.3) is 0 Å². The van der Waals surface area contributed by atoms with Gasteiger partial charge in [0.1, 0.15) is 0 Å². The van der Waals surface area contributed by atoms with Crippen LogP contribution in [0.4, 0.5) is 0 Å². The lowest BCUT2D eigenvalue weighted by molar-refractivity contribution is 0.352. The van der Waals surface area contributed by atoms with Gasteiger partial charge in [-0.2, -0.15) is 4.40 Å². The molecule has 1 unspecified atom stereocenters. The fourth-order valence-electron chi connectivity index (χ4n) is 1.25. The lowest BCUT2D eigenvalue weighted by Crippen LogP contribution is -2.02. The maximum absolute atomic E-state index is 5.34. The highest BCUT2D eigenvalue weighted by atomic mass is 32.2. The van der Waals surface area contributed by atoms with Crippen molar-refractivity contribution in [3.05, 3.63) is 0 Å². The summed E-state index contributed by atoms with van der Waals surface area (Å²) in [5, 5.41) is 0. The molecular weight excluding hydrogens is 202 g/mol. The summed E-state index contributed by atoms with van der Waals surface area (Å²) < 4.78 is 9.45. The zero-order chi connectivity index (χ0) is 9.52. The molecule has 2 nitrogen and oxygen atoms in total. The quantitative estimate of drug-likeness (QED) is 0.418. The zero-order valence-electron chi connectivity index (χ0n) is 8.03. The Morgan fingerprint density at radius 1 is 1.38 bits per heavy atom. The number of rotatable bonds is 6. The molecule has 0 aromatic rings. The first-order valence-electron chi connectivity index (χ1n) is 4.90. The predicted molar refractivity (Wildman–Crippen MR) is 62.3 cm³/mol. The third kappa shape index (κ3) is 4.81. The molecule has 4 heteroatoms. The molecule has 0 N–H and O–H groups in total. The van der Waals surface area contributed by atoms with E-state index in [2.05, 4.69) is 24.0 Å². The largest absolute Gasteiger partial charge is 0.454 e. The third-order valence-corrected chi connectivity index (χ3v) is 2.95. The average molecular weight is 219 g/mol. The summed E-state index contributed by atoms with van der Waals surface area (Å²) in [6, 6.07) is 0. The summed E-state index contributed by atoms with van der Waals surface area (Å²) in [6.07, 6.45) is 7.44. The maximum Gasteiger partial charge on any atom is 0.210 e. The minimum absolute atomic E-state index is 0.0642. The van der Waals surface area contributed by atoms with E-state index in [4.69, 9.17) is 4.74 Å². The SMILES string of the molecule is CCCCCCCC1=NSC(S)O1. The minimum atomic E-state index is -0.0642. The normalized spacial score (nSPS) is 21.4. The molecule has 0 saturated heterocycles. The number of hydrogen-bond donors (Lipinski definition) is 1. The van der Waals surface area contributed by atoms with E-state index < -0.39 is 0 Å². The van der Waals surface area contributed by atoms with Crippen LogP contribution in [0.5, 0.6) is 0 Å². The molecule has 0 fully saturated rings. The molecule has 0 spiro atoms. The minimum Gasteiger partial charge on any atom is -0.454 e. The number of unbranched alkanes of at least 4 members (excludes halogenated alkanes) is 4. The Hall–Kier alpha value is 0.170. The Morgan fingerprint density at radius 3 is 2.77 bits per heavy atom. The molecule has 0 aromatic heterocycles. The van der Waals surface area contributed by atoms with E-state index in [9.17, 15) is 0 Å².